The Hall–Kier alpha value is -6.63. The molecule has 3 aromatic heterocycles. The lowest BCUT2D eigenvalue weighted by molar-refractivity contribution is -0.897. The number of rotatable bonds is 38. The summed E-state index contributed by atoms with van der Waals surface area (Å²) in [6.07, 6.45) is 22.0. The predicted molar refractivity (Wildman–Crippen MR) is 305 cm³/mol. The molecule has 438 valence electrons. The number of unbranched alkanes of at least 4 members (excludes halogenated alkanes) is 9. The molecule has 80 heavy (non-hydrogen) atoms. The summed E-state index contributed by atoms with van der Waals surface area (Å²) in [7, 11) is 3.22. The zero-order valence-corrected chi connectivity index (χ0v) is 48.2. The third kappa shape index (κ3) is 21.4. The highest BCUT2D eigenvalue weighted by molar-refractivity contribution is 6.09. The average Bonchev–Trinajstić information content (AvgIpc) is 4.23. The van der Waals surface area contributed by atoms with E-state index in [1.54, 1.807) is 20.4 Å². The molecule has 1 aliphatic carbocycles. The lowest BCUT2D eigenvalue weighted by atomic mass is 9.86. The van der Waals surface area contributed by atoms with Gasteiger partial charge in [-0.3, -0.25) is 24.0 Å². The summed E-state index contributed by atoms with van der Waals surface area (Å²) in [5, 5.41) is 41.4. The van der Waals surface area contributed by atoms with Crippen molar-refractivity contribution in [3.05, 3.63) is 83.4 Å². The summed E-state index contributed by atoms with van der Waals surface area (Å²) in [6, 6.07) is 15.4. The molecule has 6 rings (SSSR count). The highest BCUT2D eigenvalue weighted by atomic mass is 16.5. The molecule has 19 nitrogen and oxygen atoms in total. The molecule has 2 fully saturated rings. The van der Waals surface area contributed by atoms with Crippen molar-refractivity contribution in [3.63, 3.8) is 0 Å². The van der Waals surface area contributed by atoms with Crippen LogP contribution in [0.3, 0.4) is 0 Å². The number of hydrogen-bond donors (Lipinski definition) is 3. The molecule has 2 amide bonds. The van der Waals surface area contributed by atoms with Crippen molar-refractivity contribution < 1.29 is 53.2 Å². The molecule has 1 unspecified atom stereocenters. The number of amides is 2. The van der Waals surface area contributed by atoms with Gasteiger partial charge in [-0.2, -0.15) is 0 Å². The van der Waals surface area contributed by atoms with Gasteiger partial charge in [0.2, 0.25) is 11.8 Å². The van der Waals surface area contributed by atoms with Gasteiger partial charge in [0.25, 0.3) is 5.91 Å². The number of benzene rings is 1. The number of nitrogens with zero attached hydrogens (tertiary/aromatic N) is 8. The van der Waals surface area contributed by atoms with E-state index in [9.17, 15) is 34.2 Å². The van der Waals surface area contributed by atoms with Crippen LogP contribution in [-0.2, 0) is 32.1 Å². The highest BCUT2D eigenvalue weighted by Gasteiger charge is 2.35. The van der Waals surface area contributed by atoms with Crippen molar-refractivity contribution >= 4 is 41.2 Å². The molecule has 0 bridgehead atoms. The molecule has 0 spiro atoms. The number of aromatic nitrogens is 5. The fraction of sp³-hybridized carbons (Fsp3) is 0.623. The maximum absolute atomic E-state index is 15.0. The number of ether oxygens (including phenoxy) is 2. The van der Waals surface area contributed by atoms with Gasteiger partial charge in [0.1, 0.15) is 18.1 Å². The average molecular weight is 1110 g/mol. The van der Waals surface area contributed by atoms with Crippen LogP contribution in [0.1, 0.15) is 169 Å². The van der Waals surface area contributed by atoms with E-state index in [1.165, 1.54) is 0 Å². The number of carboxylic acids is 3. The number of nitrogens with one attached hydrogen (secondary N) is 1. The van der Waals surface area contributed by atoms with Gasteiger partial charge in [-0.25, -0.2) is 14.8 Å². The number of likely N-dealkylation sites (N-methyl/N-ethyl adjacent to an activating group) is 1. The van der Waals surface area contributed by atoms with Gasteiger partial charge in [0.15, 0.2) is 6.54 Å². The number of quaternary nitrogens is 1. The molecule has 3 N–H and O–H groups in total. The van der Waals surface area contributed by atoms with Gasteiger partial charge in [-0.15, -0.1) is 5.10 Å². The van der Waals surface area contributed by atoms with Gasteiger partial charge < -0.3 is 44.3 Å². The minimum Gasteiger partial charge on any atom is -0.544 e. The zero-order chi connectivity index (χ0) is 57.5. The first-order valence-electron chi connectivity index (χ1n) is 29.3. The summed E-state index contributed by atoms with van der Waals surface area (Å²) >= 11 is 0. The number of anilines is 2. The van der Waals surface area contributed by atoms with Gasteiger partial charge in [-0.1, -0.05) is 76.5 Å². The van der Waals surface area contributed by atoms with Crippen molar-refractivity contribution in [2.45, 2.75) is 162 Å². The highest BCUT2D eigenvalue weighted by Crippen LogP contribution is 2.45. The van der Waals surface area contributed by atoms with Crippen molar-refractivity contribution in [1.82, 2.24) is 30.3 Å². The Morgan fingerprint density at radius 1 is 0.875 bits per heavy atom. The molecule has 1 saturated heterocycles. The summed E-state index contributed by atoms with van der Waals surface area (Å²) in [4.78, 5) is 74.6. The standard InChI is InChI=1S/C61H89N9O10/c1-45-19-17-21-54(64-45)69(60(78)51-26-25-50(79-5)38-53(51)67-34-28-46(29-35-67)43-80-56-37-48(27-32-63-56)52(39-57(72)73)47-23-24-47)44-61(2,3)30-15-11-12-16-33-68-40-49(65-66-68)20-13-9-7-6-8-10-14-22-55(71)62-31-18-36-70(4,41-58(74)75)42-59(76)77/h17,19,21,25-27,32,37-38,40,46-47,52H,6-16,18,20,22-24,28-31,33-36,39,41-44H2,1-5H3,(H3-,62,71,72,73,74,75,76,77)/t52-/m0/s1. The van der Waals surface area contributed by atoms with Crippen LogP contribution >= 0.6 is 0 Å². The maximum Gasteiger partial charge on any atom is 0.359 e. The zero-order valence-electron chi connectivity index (χ0n) is 48.2. The van der Waals surface area contributed by atoms with Crippen LogP contribution in [-0.4, -0.2) is 136 Å². The Kier molecular flexibility index (Phi) is 24.5. The molecule has 19 heteroatoms. The SMILES string of the molecule is COc1ccc(C(=O)N(CC(C)(C)CCCCCCn2cc(CCCCCCCCCC(=O)NCCC[N+](C)(CC(=O)[O-])CC(=O)O)nn2)c2cccc(C)n2)c(N2CCC(COc3cc([C@@H](CC(=O)O)C4CC4)ccn3)CC2)c1. The van der Waals surface area contributed by atoms with E-state index in [1.807, 2.05) is 65.0 Å². The van der Waals surface area contributed by atoms with Gasteiger partial charge >= 0.3 is 11.9 Å². The van der Waals surface area contributed by atoms with E-state index in [0.717, 1.165) is 151 Å². The molecule has 2 atom stereocenters. The van der Waals surface area contributed by atoms with Gasteiger partial charge in [0.05, 0.1) is 56.6 Å². The Balaban J connectivity index is 0.880. The lowest BCUT2D eigenvalue weighted by Crippen LogP contribution is -2.54. The van der Waals surface area contributed by atoms with Crippen LogP contribution < -0.4 is 29.7 Å². The molecule has 1 aromatic carbocycles. The number of pyridine rings is 2. The molecular formula is C61H89N9O10. The molecular weight excluding hydrogens is 1020 g/mol. The van der Waals surface area contributed by atoms with Gasteiger partial charge in [0, 0.05) is 75.8 Å². The Morgan fingerprint density at radius 2 is 1.60 bits per heavy atom. The number of piperidine rings is 1. The van der Waals surface area contributed by atoms with Crippen LogP contribution in [0.25, 0.3) is 0 Å². The second kappa shape index (κ2) is 31.4. The third-order valence-corrected chi connectivity index (χ3v) is 15.7. The van der Waals surface area contributed by atoms with Crippen LogP contribution in [0.4, 0.5) is 11.5 Å². The van der Waals surface area contributed by atoms with Crippen LogP contribution in [0.5, 0.6) is 11.6 Å². The molecule has 1 saturated carbocycles. The van der Waals surface area contributed by atoms with Crippen LogP contribution in [0.2, 0.25) is 0 Å². The topological polar surface area (TPSA) is 242 Å². The fourth-order valence-electron chi connectivity index (χ4n) is 11.1. The Labute approximate surface area is 473 Å². The van der Waals surface area contributed by atoms with Crippen molar-refractivity contribution in [1.29, 1.82) is 0 Å². The van der Waals surface area contributed by atoms with Crippen molar-refractivity contribution in [2.24, 2.45) is 17.3 Å². The monoisotopic (exact) mass is 1110 g/mol. The lowest BCUT2D eigenvalue weighted by Gasteiger charge is -2.36. The minimum absolute atomic E-state index is 0.0183. The number of hydrogen-bond acceptors (Lipinski definition) is 13. The summed E-state index contributed by atoms with van der Waals surface area (Å²) in [5.74, 6) is -0.745. The number of methoxy groups -OCH3 is 1. The van der Waals surface area contributed by atoms with E-state index in [-0.39, 0.29) is 47.1 Å². The number of carboxylic acid groups (broad SMARTS) is 3. The molecule has 2 aliphatic rings. The van der Waals surface area contributed by atoms with Crippen LogP contribution in [0, 0.1) is 24.2 Å². The molecule has 1 aliphatic heterocycles. The third-order valence-electron chi connectivity index (χ3n) is 15.7. The number of aliphatic carboxylic acids is 3. The Bertz CT molecular complexity index is 2600. The smallest absolute Gasteiger partial charge is 0.359 e. The van der Waals surface area contributed by atoms with E-state index in [4.69, 9.17) is 19.6 Å². The summed E-state index contributed by atoms with van der Waals surface area (Å²) in [5.41, 5.74) is 4.11. The normalized spacial score (nSPS) is 15.0. The second-order valence-electron chi connectivity index (χ2n) is 23.5. The number of carbonyl (C=O) groups is 5. The van der Waals surface area contributed by atoms with E-state index in [2.05, 4.69) is 45.6 Å². The van der Waals surface area contributed by atoms with Crippen molar-refractivity contribution in [3.8, 4) is 11.6 Å². The Morgan fingerprint density at radius 3 is 2.30 bits per heavy atom. The minimum atomic E-state index is -1.29. The first kappa shape index (κ1) is 62.6. The molecule has 0 radical (unpaired) electrons. The van der Waals surface area contributed by atoms with Crippen molar-refractivity contribution in [2.75, 3.05) is 76.4 Å². The fourth-order valence-corrected chi connectivity index (χ4v) is 11.1. The first-order chi connectivity index (χ1) is 38.4. The quantitative estimate of drug-likeness (QED) is 0.0282. The maximum atomic E-state index is 15.0. The summed E-state index contributed by atoms with van der Waals surface area (Å²) in [6.45, 7) is 9.75. The predicted octanol–water partition coefficient (Wildman–Crippen LogP) is 8.42. The van der Waals surface area contributed by atoms with E-state index >= 15 is 0 Å². The largest absolute Gasteiger partial charge is 0.544 e. The summed E-state index contributed by atoms with van der Waals surface area (Å²) < 4.78 is 13.7. The second-order valence-corrected chi connectivity index (χ2v) is 23.5. The molecule has 4 heterocycles. The van der Waals surface area contributed by atoms with E-state index < -0.39 is 17.9 Å². The number of aryl methyl sites for hydroxylation is 3. The van der Waals surface area contributed by atoms with E-state index in [0.29, 0.717) is 73.9 Å². The number of carbonyl (C=O) groups excluding carboxylic acids is 3. The van der Waals surface area contributed by atoms with Gasteiger partial charge in [-0.05, 0) is 124 Å². The first-order valence-corrected chi connectivity index (χ1v) is 29.3. The van der Waals surface area contributed by atoms with Crippen LogP contribution in [0.15, 0.2) is 60.9 Å². The molecule has 4 aromatic rings.